The summed E-state index contributed by atoms with van der Waals surface area (Å²) in [5, 5.41) is 11.6. The monoisotopic (exact) mass is 377 g/mol. The lowest BCUT2D eigenvalue weighted by Crippen LogP contribution is -2.48. The summed E-state index contributed by atoms with van der Waals surface area (Å²) >= 11 is 0. The van der Waals surface area contributed by atoms with Crippen molar-refractivity contribution in [3.05, 3.63) is 0 Å². The number of urea groups is 1. The molecule has 2 saturated heterocycles. The van der Waals surface area contributed by atoms with E-state index in [-0.39, 0.29) is 31.5 Å². The lowest BCUT2D eigenvalue weighted by molar-refractivity contribution is -0.143. The lowest BCUT2D eigenvalue weighted by Gasteiger charge is -2.30. The van der Waals surface area contributed by atoms with Gasteiger partial charge in [0.15, 0.2) is 0 Å². The zero-order valence-electron chi connectivity index (χ0n) is 14.3. The van der Waals surface area contributed by atoms with E-state index in [1.165, 1.54) is 4.90 Å². The first-order valence-electron chi connectivity index (χ1n) is 8.72. The Bertz CT molecular complexity index is 562. The summed E-state index contributed by atoms with van der Waals surface area (Å²) in [7, 11) is -3.49. The largest absolute Gasteiger partial charge is 0.481 e. The average Bonchev–Trinajstić information content (AvgIpc) is 2.61. The van der Waals surface area contributed by atoms with Crippen molar-refractivity contribution in [2.24, 2.45) is 5.92 Å². The summed E-state index contributed by atoms with van der Waals surface area (Å²) in [6, 6.07) is -0.420. The van der Waals surface area contributed by atoms with Gasteiger partial charge in [-0.3, -0.25) is 4.79 Å². The number of hydrogen-bond donors (Lipinski definition) is 3. The molecule has 2 unspecified atom stereocenters. The minimum atomic E-state index is -3.49. The SMILES string of the molecule is O=C(O)C1CCCN(C(=O)NCCS(=O)(=O)NCC2CCCCO2)C1. The van der Waals surface area contributed by atoms with Crippen molar-refractivity contribution in [3.63, 3.8) is 0 Å². The summed E-state index contributed by atoms with van der Waals surface area (Å²) in [6.07, 6.45) is 3.99. The molecule has 25 heavy (non-hydrogen) atoms. The molecule has 2 atom stereocenters. The molecule has 144 valence electrons. The van der Waals surface area contributed by atoms with Gasteiger partial charge in [0, 0.05) is 32.8 Å². The molecule has 0 aromatic carbocycles. The smallest absolute Gasteiger partial charge is 0.317 e. The van der Waals surface area contributed by atoms with Gasteiger partial charge in [-0.05, 0) is 32.1 Å². The van der Waals surface area contributed by atoms with Gasteiger partial charge in [0.25, 0.3) is 0 Å². The first kappa shape index (κ1) is 19.9. The quantitative estimate of drug-likeness (QED) is 0.573. The second-order valence-electron chi connectivity index (χ2n) is 6.51. The molecule has 3 N–H and O–H groups in total. The molecule has 0 aromatic heterocycles. The van der Waals surface area contributed by atoms with E-state index < -0.39 is 27.9 Å². The highest BCUT2D eigenvalue weighted by Crippen LogP contribution is 2.16. The van der Waals surface area contributed by atoms with Gasteiger partial charge in [-0.1, -0.05) is 0 Å². The number of piperidine rings is 1. The maximum Gasteiger partial charge on any atom is 0.317 e. The summed E-state index contributed by atoms with van der Waals surface area (Å²) in [4.78, 5) is 24.5. The van der Waals surface area contributed by atoms with E-state index in [1.54, 1.807) is 0 Å². The Morgan fingerprint density at radius 3 is 2.68 bits per heavy atom. The lowest BCUT2D eigenvalue weighted by atomic mass is 9.99. The molecule has 10 heteroatoms. The van der Waals surface area contributed by atoms with Gasteiger partial charge in [-0.15, -0.1) is 0 Å². The number of hydrogen-bond acceptors (Lipinski definition) is 5. The van der Waals surface area contributed by atoms with Gasteiger partial charge in [-0.2, -0.15) is 0 Å². The average molecular weight is 377 g/mol. The number of sulfonamides is 1. The molecule has 2 fully saturated rings. The van der Waals surface area contributed by atoms with Gasteiger partial charge in [-0.25, -0.2) is 17.9 Å². The van der Waals surface area contributed by atoms with Crippen LogP contribution in [0.3, 0.4) is 0 Å². The third kappa shape index (κ3) is 6.79. The van der Waals surface area contributed by atoms with Crippen LogP contribution in [0.5, 0.6) is 0 Å². The second kappa shape index (κ2) is 9.35. The number of ether oxygens (including phenoxy) is 1. The fraction of sp³-hybridized carbons (Fsp3) is 0.867. The molecule has 2 aliphatic heterocycles. The van der Waals surface area contributed by atoms with E-state index in [9.17, 15) is 18.0 Å². The molecule has 0 aliphatic carbocycles. The van der Waals surface area contributed by atoms with Crippen LogP contribution in [0.25, 0.3) is 0 Å². The predicted octanol–water partition coefficient (Wildman–Crippen LogP) is -0.0189. The van der Waals surface area contributed by atoms with E-state index in [2.05, 4.69) is 10.0 Å². The van der Waals surface area contributed by atoms with Crippen molar-refractivity contribution in [2.75, 3.05) is 38.5 Å². The topological polar surface area (TPSA) is 125 Å². The Morgan fingerprint density at radius 1 is 1.20 bits per heavy atom. The highest BCUT2D eigenvalue weighted by molar-refractivity contribution is 7.89. The highest BCUT2D eigenvalue weighted by Gasteiger charge is 2.28. The van der Waals surface area contributed by atoms with Crippen molar-refractivity contribution in [1.82, 2.24) is 14.9 Å². The van der Waals surface area contributed by atoms with Crippen LogP contribution in [0.15, 0.2) is 0 Å². The van der Waals surface area contributed by atoms with Gasteiger partial charge in [0.1, 0.15) is 0 Å². The van der Waals surface area contributed by atoms with Gasteiger partial charge < -0.3 is 20.1 Å². The number of rotatable bonds is 7. The fourth-order valence-corrected chi connectivity index (χ4v) is 3.98. The Balaban J connectivity index is 1.67. The number of aliphatic carboxylic acids is 1. The van der Waals surface area contributed by atoms with Crippen molar-refractivity contribution < 1.29 is 27.9 Å². The van der Waals surface area contributed by atoms with Gasteiger partial charge in [0.05, 0.1) is 17.8 Å². The molecule has 0 saturated carbocycles. The Morgan fingerprint density at radius 2 is 2.00 bits per heavy atom. The Kier molecular flexibility index (Phi) is 7.45. The van der Waals surface area contributed by atoms with Crippen molar-refractivity contribution in [3.8, 4) is 0 Å². The highest BCUT2D eigenvalue weighted by atomic mass is 32.2. The minimum Gasteiger partial charge on any atom is -0.481 e. The summed E-state index contributed by atoms with van der Waals surface area (Å²) in [5.41, 5.74) is 0. The first-order chi connectivity index (χ1) is 11.9. The molecule has 0 aromatic rings. The molecular weight excluding hydrogens is 350 g/mol. The summed E-state index contributed by atoms with van der Waals surface area (Å²) in [6.45, 7) is 1.54. The predicted molar refractivity (Wildman–Crippen MR) is 90.7 cm³/mol. The fourth-order valence-electron chi connectivity index (χ4n) is 3.03. The Labute approximate surface area is 148 Å². The first-order valence-corrected chi connectivity index (χ1v) is 10.4. The number of nitrogens with one attached hydrogen (secondary N) is 2. The molecule has 2 rings (SSSR count). The molecule has 9 nitrogen and oxygen atoms in total. The zero-order chi connectivity index (χ0) is 18.3. The minimum absolute atomic E-state index is 0.0199. The van der Waals surface area contributed by atoms with Crippen LogP contribution in [0.4, 0.5) is 4.79 Å². The van der Waals surface area contributed by atoms with E-state index in [1.807, 2.05) is 0 Å². The van der Waals surface area contributed by atoms with Crippen LogP contribution >= 0.6 is 0 Å². The van der Waals surface area contributed by atoms with Crippen LogP contribution in [-0.2, 0) is 19.6 Å². The standard InChI is InChI=1S/C15H27N3O6S/c19-14(20)12-4-3-7-18(11-12)15(21)16-6-9-25(22,23)17-10-13-5-1-2-8-24-13/h12-13,17H,1-11H2,(H,16,21)(H,19,20). The summed E-state index contributed by atoms with van der Waals surface area (Å²) in [5.74, 6) is -1.68. The number of carbonyl (C=O) groups is 2. The molecule has 0 spiro atoms. The normalized spacial score (nSPS) is 24.7. The van der Waals surface area contributed by atoms with Gasteiger partial charge >= 0.3 is 12.0 Å². The molecular formula is C15H27N3O6S. The van der Waals surface area contributed by atoms with Crippen molar-refractivity contribution >= 4 is 22.0 Å². The van der Waals surface area contributed by atoms with E-state index >= 15 is 0 Å². The molecule has 2 heterocycles. The van der Waals surface area contributed by atoms with Crippen LogP contribution < -0.4 is 10.0 Å². The molecule has 2 aliphatic rings. The third-order valence-corrected chi connectivity index (χ3v) is 5.86. The van der Waals surface area contributed by atoms with E-state index in [0.717, 1.165) is 19.3 Å². The van der Waals surface area contributed by atoms with Crippen LogP contribution in [0, 0.1) is 5.92 Å². The maximum absolute atomic E-state index is 12.0. The number of carboxylic acid groups (broad SMARTS) is 1. The maximum atomic E-state index is 12.0. The molecule has 2 amide bonds. The molecule has 0 bridgehead atoms. The number of carboxylic acids is 1. The number of carbonyl (C=O) groups excluding carboxylic acids is 1. The Hall–Kier alpha value is -1.39. The number of nitrogens with zero attached hydrogens (tertiary/aromatic N) is 1. The number of likely N-dealkylation sites (tertiary alicyclic amines) is 1. The van der Waals surface area contributed by atoms with Crippen molar-refractivity contribution in [2.45, 2.75) is 38.2 Å². The van der Waals surface area contributed by atoms with Crippen LogP contribution in [0.1, 0.15) is 32.1 Å². The summed E-state index contributed by atoms with van der Waals surface area (Å²) < 4.78 is 31.9. The van der Waals surface area contributed by atoms with Gasteiger partial charge in [0.2, 0.25) is 10.0 Å². The van der Waals surface area contributed by atoms with E-state index in [4.69, 9.17) is 9.84 Å². The van der Waals surface area contributed by atoms with Crippen LogP contribution in [0.2, 0.25) is 0 Å². The number of amides is 2. The van der Waals surface area contributed by atoms with E-state index in [0.29, 0.717) is 26.0 Å². The third-order valence-electron chi connectivity index (χ3n) is 4.51. The second-order valence-corrected chi connectivity index (χ2v) is 8.44. The van der Waals surface area contributed by atoms with Crippen molar-refractivity contribution in [1.29, 1.82) is 0 Å². The molecule has 0 radical (unpaired) electrons. The zero-order valence-corrected chi connectivity index (χ0v) is 15.1. The van der Waals surface area contributed by atoms with Crippen LogP contribution in [-0.4, -0.2) is 75.1 Å².